The highest BCUT2D eigenvalue weighted by Crippen LogP contribution is 2.41. The third-order valence-corrected chi connectivity index (χ3v) is 2.83. The fraction of sp³-hybridized carbons (Fsp3) is 0.545. The molecule has 0 radical (unpaired) electrons. The summed E-state index contributed by atoms with van der Waals surface area (Å²) in [7, 11) is 0. The van der Waals surface area contributed by atoms with Gasteiger partial charge in [0.25, 0.3) is 5.92 Å². The minimum absolute atomic E-state index is 0.0179. The number of carbonyl (C=O) groups is 1. The van der Waals surface area contributed by atoms with E-state index in [1.54, 1.807) is 6.92 Å². The summed E-state index contributed by atoms with van der Waals surface area (Å²) in [5.74, 6) is -3.75. The minimum atomic E-state index is -3.15. The Morgan fingerprint density at radius 3 is 3.06 bits per heavy atom. The number of nitrogens with one attached hydrogen (secondary N) is 1. The molecule has 1 aliphatic rings. The molecule has 1 aromatic heterocycles. The molecule has 0 amide bonds. The summed E-state index contributed by atoms with van der Waals surface area (Å²) in [5, 5.41) is 9.48. The zero-order valence-electron chi connectivity index (χ0n) is 9.30. The number of aromatic amines is 1. The van der Waals surface area contributed by atoms with Gasteiger partial charge in [-0.2, -0.15) is 0 Å². The van der Waals surface area contributed by atoms with Crippen LogP contribution in [0.2, 0.25) is 0 Å². The van der Waals surface area contributed by atoms with E-state index in [4.69, 9.17) is 4.74 Å². The molecule has 94 valence electrons. The van der Waals surface area contributed by atoms with E-state index in [1.165, 1.54) is 6.07 Å². The quantitative estimate of drug-likeness (QED) is 0.781. The van der Waals surface area contributed by atoms with Crippen LogP contribution in [0, 0.1) is 0 Å². The molecule has 0 spiro atoms. The summed E-state index contributed by atoms with van der Waals surface area (Å²) in [4.78, 5) is 13.9. The van der Waals surface area contributed by atoms with Gasteiger partial charge < -0.3 is 14.8 Å². The first-order valence-corrected chi connectivity index (χ1v) is 5.40. The summed E-state index contributed by atoms with van der Waals surface area (Å²) >= 11 is 0. The maximum atomic E-state index is 13.2. The van der Waals surface area contributed by atoms with Gasteiger partial charge in [0.2, 0.25) is 0 Å². The molecular weight excluding hydrogens is 232 g/mol. The second kappa shape index (κ2) is 4.10. The van der Waals surface area contributed by atoms with Gasteiger partial charge in [-0.3, -0.25) is 0 Å². The van der Waals surface area contributed by atoms with Gasteiger partial charge in [0.1, 0.15) is 5.69 Å². The smallest absolute Gasteiger partial charge is 0.354 e. The van der Waals surface area contributed by atoms with Crippen LogP contribution in [0.3, 0.4) is 0 Å². The standard InChI is InChI=1S/C11H13F2NO3/c1-2-17-10(16)7-5-6-3-4-11(12,13)9(15)8(6)14-7/h5,9,14-15H,2-4H2,1H3/t9-/m1/s1. The maximum absolute atomic E-state index is 13.2. The lowest BCUT2D eigenvalue weighted by molar-refractivity contribution is -0.123. The summed E-state index contributed by atoms with van der Waals surface area (Å²) in [6.45, 7) is 1.87. The molecule has 1 heterocycles. The third-order valence-electron chi connectivity index (χ3n) is 2.83. The summed E-state index contributed by atoms with van der Waals surface area (Å²) in [6.07, 6.45) is -2.16. The Morgan fingerprint density at radius 2 is 2.41 bits per heavy atom. The highest BCUT2D eigenvalue weighted by Gasteiger charge is 2.44. The van der Waals surface area contributed by atoms with Crippen LogP contribution < -0.4 is 0 Å². The Kier molecular flexibility index (Phi) is 2.91. The maximum Gasteiger partial charge on any atom is 0.354 e. The van der Waals surface area contributed by atoms with Crippen molar-refractivity contribution >= 4 is 5.97 Å². The van der Waals surface area contributed by atoms with Crippen molar-refractivity contribution in [3.63, 3.8) is 0 Å². The zero-order valence-corrected chi connectivity index (χ0v) is 9.30. The summed E-state index contributed by atoms with van der Waals surface area (Å²) in [5.41, 5.74) is 0.671. The van der Waals surface area contributed by atoms with Crippen molar-refractivity contribution in [1.29, 1.82) is 0 Å². The van der Waals surface area contributed by atoms with Crippen LogP contribution in [-0.2, 0) is 11.2 Å². The van der Waals surface area contributed by atoms with Crippen LogP contribution in [0.4, 0.5) is 8.78 Å². The predicted octanol–water partition coefficient (Wildman–Crippen LogP) is 1.81. The van der Waals surface area contributed by atoms with Crippen molar-refractivity contribution in [1.82, 2.24) is 4.98 Å². The molecule has 0 aliphatic heterocycles. The Labute approximate surface area is 96.6 Å². The average molecular weight is 245 g/mol. The Hall–Kier alpha value is -1.43. The molecule has 0 aromatic carbocycles. The number of esters is 1. The van der Waals surface area contributed by atoms with E-state index < -0.39 is 24.4 Å². The van der Waals surface area contributed by atoms with Crippen molar-refractivity contribution in [2.45, 2.75) is 31.8 Å². The molecule has 0 bridgehead atoms. The molecule has 1 atom stereocenters. The van der Waals surface area contributed by atoms with Crippen LogP contribution >= 0.6 is 0 Å². The fourth-order valence-corrected chi connectivity index (χ4v) is 1.93. The predicted molar refractivity (Wildman–Crippen MR) is 55.0 cm³/mol. The zero-order chi connectivity index (χ0) is 12.6. The van der Waals surface area contributed by atoms with Gasteiger partial charge in [0, 0.05) is 6.42 Å². The Morgan fingerprint density at radius 1 is 1.71 bits per heavy atom. The van der Waals surface area contributed by atoms with E-state index in [0.29, 0.717) is 5.56 Å². The van der Waals surface area contributed by atoms with Crippen molar-refractivity contribution in [2.75, 3.05) is 6.61 Å². The number of aromatic nitrogens is 1. The number of carbonyl (C=O) groups excluding carboxylic acids is 1. The van der Waals surface area contributed by atoms with E-state index in [2.05, 4.69) is 4.98 Å². The first-order chi connectivity index (χ1) is 7.95. The monoisotopic (exact) mass is 245 g/mol. The second-order valence-electron chi connectivity index (χ2n) is 4.01. The van der Waals surface area contributed by atoms with Crippen molar-refractivity contribution in [2.24, 2.45) is 0 Å². The normalized spacial score (nSPS) is 22.0. The number of hydrogen-bond acceptors (Lipinski definition) is 3. The molecule has 6 heteroatoms. The van der Waals surface area contributed by atoms with Crippen molar-refractivity contribution in [3.05, 3.63) is 23.0 Å². The van der Waals surface area contributed by atoms with Gasteiger partial charge in [-0.1, -0.05) is 0 Å². The van der Waals surface area contributed by atoms with Crippen LogP contribution in [0.25, 0.3) is 0 Å². The lowest BCUT2D eigenvalue weighted by Gasteiger charge is -2.27. The molecule has 0 unspecified atom stereocenters. The van der Waals surface area contributed by atoms with E-state index in [1.807, 2.05) is 0 Å². The molecule has 1 aromatic rings. The Bertz CT molecular complexity index is 442. The number of aliphatic hydroxyl groups is 1. The lowest BCUT2D eigenvalue weighted by Crippen LogP contribution is -2.31. The van der Waals surface area contributed by atoms with Crippen molar-refractivity contribution in [3.8, 4) is 0 Å². The van der Waals surface area contributed by atoms with Crippen LogP contribution in [-0.4, -0.2) is 28.6 Å². The second-order valence-corrected chi connectivity index (χ2v) is 4.01. The molecular formula is C11H13F2NO3. The number of alkyl halides is 2. The van der Waals surface area contributed by atoms with Crippen LogP contribution in [0.15, 0.2) is 6.07 Å². The molecule has 0 saturated carbocycles. The lowest BCUT2D eigenvalue weighted by atomic mass is 9.92. The molecule has 1 aliphatic carbocycles. The number of aryl methyl sites for hydroxylation is 1. The van der Waals surface area contributed by atoms with E-state index >= 15 is 0 Å². The van der Waals surface area contributed by atoms with Gasteiger partial charge in [-0.05, 0) is 25.0 Å². The number of rotatable bonds is 2. The van der Waals surface area contributed by atoms with E-state index in [-0.39, 0.29) is 24.4 Å². The number of fused-ring (bicyclic) bond motifs is 1. The largest absolute Gasteiger partial charge is 0.461 e. The first kappa shape index (κ1) is 12.0. The number of aliphatic hydroxyl groups excluding tert-OH is 1. The number of halogens is 2. The number of hydrogen-bond donors (Lipinski definition) is 2. The van der Waals surface area contributed by atoms with E-state index in [0.717, 1.165) is 0 Å². The molecule has 17 heavy (non-hydrogen) atoms. The third kappa shape index (κ3) is 2.04. The van der Waals surface area contributed by atoms with E-state index in [9.17, 15) is 18.7 Å². The fourth-order valence-electron chi connectivity index (χ4n) is 1.93. The Balaban J connectivity index is 2.31. The van der Waals surface area contributed by atoms with Crippen LogP contribution in [0.5, 0.6) is 0 Å². The minimum Gasteiger partial charge on any atom is -0.461 e. The number of ether oxygens (including phenoxy) is 1. The van der Waals surface area contributed by atoms with Crippen LogP contribution in [0.1, 0.15) is 41.2 Å². The molecule has 0 fully saturated rings. The average Bonchev–Trinajstić information content (AvgIpc) is 2.69. The SMILES string of the molecule is CCOC(=O)c1cc2c([nH]1)[C@@H](O)C(F)(F)CC2. The van der Waals surface area contributed by atoms with Gasteiger partial charge in [0.15, 0.2) is 6.10 Å². The summed E-state index contributed by atoms with van der Waals surface area (Å²) < 4.78 is 31.3. The molecule has 2 rings (SSSR count). The first-order valence-electron chi connectivity index (χ1n) is 5.40. The highest BCUT2D eigenvalue weighted by atomic mass is 19.3. The van der Waals surface area contributed by atoms with Gasteiger partial charge in [-0.25, -0.2) is 13.6 Å². The van der Waals surface area contributed by atoms with Gasteiger partial charge >= 0.3 is 5.97 Å². The molecule has 4 nitrogen and oxygen atoms in total. The number of H-pyrrole nitrogens is 1. The highest BCUT2D eigenvalue weighted by molar-refractivity contribution is 5.88. The summed E-state index contributed by atoms with van der Waals surface area (Å²) in [6, 6.07) is 1.46. The van der Waals surface area contributed by atoms with Crippen molar-refractivity contribution < 1.29 is 23.4 Å². The molecule has 0 saturated heterocycles. The molecule has 2 N–H and O–H groups in total. The van der Waals surface area contributed by atoms with Gasteiger partial charge in [0.05, 0.1) is 12.3 Å². The van der Waals surface area contributed by atoms with Gasteiger partial charge in [-0.15, -0.1) is 0 Å². The topological polar surface area (TPSA) is 62.3 Å².